The number of amides is 1. The number of sulfonamides is 1. The number of nitrogens with one attached hydrogen (secondary N) is 1. The smallest absolute Gasteiger partial charge is 0.242 e. The number of hydrogen-bond acceptors (Lipinski definition) is 5. The van der Waals surface area contributed by atoms with Gasteiger partial charge in [-0.3, -0.25) is 4.79 Å². The summed E-state index contributed by atoms with van der Waals surface area (Å²) in [5, 5.41) is 2.40. The molecule has 0 saturated heterocycles. The fraction of sp³-hybridized carbons (Fsp3) is 0.278. The van der Waals surface area contributed by atoms with Gasteiger partial charge in [-0.1, -0.05) is 18.2 Å². The lowest BCUT2D eigenvalue weighted by atomic mass is 10.3. The van der Waals surface area contributed by atoms with Crippen LogP contribution in [0.5, 0.6) is 5.75 Å². The number of thioether (sulfide) groups is 1. The minimum absolute atomic E-state index is 0.0852. The highest BCUT2D eigenvalue weighted by atomic mass is 32.2. The molecular weight excluding hydrogens is 372 g/mol. The van der Waals surface area contributed by atoms with E-state index in [1.165, 1.54) is 51.2 Å². The van der Waals surface area contributed by atoms with Crippen LogP contribution in [0.3, 0.4) is 0 Å². The lowest BCUT2D eigenvalue weighted by molar-refractivity contribution is -0.115. The van der Waals surface area contributed by atoms with Crippen molar-refractivity contribution in [2.45, 2.75) is 22.0 Å². The maximum Gasteiger partial charge on any atom is 0.242 e. The predicted octanol–water partition coefficient (Wildman–Crippen LogP) is 3.06. The van der Waals surface area contributed by atoms with Crippen LogP contribution in [0.1, 0.15) is 6.92 Å². The molecule has 0 radical (unpaired) electrons. The van der Waals surface area contributed by atoms with Crippen molar-refractivity contribution in [1.29, 1.82) is 0 Å². The average molecular weight is 395 g/mol. The van der Waals surface area contributed by atoms with Crippen molar-refractivity contribution in [3.8, 4) is 5.75 Å². The molecule has 1 atom stereocenters. The summed E-state index contributed by atoms with van der Waals surface area (Å²) in [5.41, 5.74) is 0.320. The molecule has 1 amide bonds. The Bertz CT molecular complexity index is 868. The standard InChI is InChI=1S/C18H22N2O4S2/c1-13(25-14-8-6-5-7-9-14)18(21)19-16-12-15(10-11-17(16)24-4)26(22,23)20(2)3/h5-13H,1-4H3,(H,19,21)/t13-/m1/s1. The maximum atomic E-state index is 12.5. The average Bonchev–Trinajstić information content (AvgIpc) is 2.62. The molecule has 0 bridgehead atoms. The second-order valence-electron chi connectivity index (χ2n) is 5.71. The summed E-state index contributed by atoms with van der Waals surface area (Å²) in [6.45, 7) is 1.79. The van der Waals surface area contributed by atoms with Crippen molar-refractivity contribution in [2.24, 2.45) is 0 Å². The van der Waals surface area contributed by atoms with E-state index in [0.717, 1.165) is 9.20 Å². The molecule has 2 aromatic rings. The minimum Gasteiger partial charge on any atom is -0.495 e. The normalized spacial score (nSPS) is 12.7. The number of methoxy groups -OCH3 is 1. The Kier molecular flexibility index (Phi) is 6.69. The van der Waals surface area contributed by atoms with Gasteiger partial charge in [0.2, 0.25) is 15.9 Å². The molecule has 6 nitrogen and oxygen atoms in total. The van der Waals surface area contributed by atoms with Gasteiger partial charge in [0, 0.05) is 19.0 Å². The Morgan fingerprint density at radius 3 is 2.38 bits per heavy atom. The van der Waals surface area contributed by atoms with Gasteiger partial charge < -0.3 is 10.1 Å². The van der Waals surface area contributed by atoms with Gasteiger partial charge in [-0.05, 0) is 37.3 Å². The maximum absolute atomic E-state index is 12.5. The van der Waals surface area contributed by atoms with Crippen LogP contribution in [0.2, 0.25) is 0 Å². The monoisotopic (exact) mass is 394 g/mol. The zero-order valence-electron chi connectivity index (χ0n) is 15.1. The number of carbonyl (C=O) groups excluding carboxylic acids is 1. The number of anilines is 1. The van der Waals surface area contributed by atoms with Crippen LogP contribution < -0.4 is 10.1 Å². The largest absolute Gasteiger partial charge is 0.495 e. The first-order chi connectivity index (χ1) is 12.3. The zero-order chi connectivity index (χ0) is 19.3. The van der Waals surface area contributed by atoms with E-state index < -0.39 is 10.0 Å². The molecule has 1 N–H and O–H groups in total. The van der Waals surface area contributed by atoms with E-state index in [9.17, 15) is 13.2 Å². The summed E-state index contributed by atoms with van der Waals surface area (Å²) in [6.07, 6.45) is 0. The molecule has 26 heavy (non-hydrogen) atoms. The van der Waals surface area contributed by atoms with E-state index in [2.05, 4.69) is 5.32 Å². The summed E-state index contributed by atoms with van der Waals surface area (Å²) in [5.74, 6) is 0.157. The van der Waals surface area contributed by atoms with Crippen LogP contribution in [0, 0.1) is 0 Å². The van der Waals surface area contributed by atoms with Gasteiger partial charge in [-0.25, -0.2) is 12.7 Å². The van der Waals surface area contributed by atoms with Crippen LogP contribution >= 0.6 is 11.8 Å². The van der Waals surface area contributed by atoms with Crippen molar-refractivity contribution in [2.75, 3.05) is 26.5 Å². The topological polar surface area (TPSA) is 75.7 Å². The van der Waals surface area contributed by atoms with E-state index in [4.69, 9.17) is 4.74 Å². The minimum atomic E-state index is -3.61. The van der Waals surface area contributed by atoms with E-state index in [1.54, 1.807) is 6.92 Å². The molecule has 0 aromatic heterocycles. The molecule has 2 aromatic carbocycles. The number of carbonyl (C=O) groups is 1. The molecule has 140 valence electrons. The Labute approximate surface area is 158 Å². The quantitative estimate of drug-likeness (QED) is 0.731. The van der Waals surface area contributed by atoms with Gasteiger partial charge >= 0.3 is 0 Å². The molecule has 8 heteroatoms. The van der Waals surface area contributed by atoms with Crippen LogP contribution in [-0.4, -0.2) is 45.1 Å². The van der Waals surface area contributed by atoms with E-state index in [0.29, 0.717) is 11.4 Å². The second kappa shape index (κ2) is 8.57. The van der Waals surface area contributed by atoms with Crippen molar-refractivity contribution in [3.05, 3.63) is 48.5 Å². The van der Waals surface area contributed by atoms with Gasteiger partial charge in [0.25, 0.3) is 0 Å². The van der Waals surface area contributed by atoms with Crippen molar-refractivity contribution in [3.63, 3.8) is 0 Å². The van der Waals surface area contributed by atoms with Crippen LogP contribution in [0.15, 0.2) is 58.3 Å². The summed E-state index contributed by atoms with van der Waals surface area (Å²) in [6, 6.07) is 14.0. The van der Waals surface area contributed by atoms with E-state index in [-0.39, 0.29) is 16.1 Å². The molecule has 0 spiro atoms. The lowest BCUT2D eigenvalue weighted by Gasteiger charge is -2.17. The Hall–Kier alpha value is -2.03. The van der Waals surface area contributed by atoms with Crippen molar-refractivity contribution < 1.29 is 17.9 Å². The Morgan fingerprint density at radius 1 is 1.15 bits per heavy atom. The third kappa shape index (κ3) is 4.78. The predicted molar refractivity (Wildman–Crippen MR) is 104 cm³/mol. The molecule has 0 fully saturated rings. The molecular formula is C18H22N2O4S2. The SMILES string of the molecule is COc1ccc(S(=O)(=O)N(C)C)cc1NC(=O)[C@@H](C)Sc1ccccc1. The molecule has 0 unspecified atom stereocenters. The van der Waals surface area contributed by atoms with E-state index >= 15 is 0 Å². The highest BCUT2D eigenvalue weighted by molar-refractivity contribution is 8.00. The molecule has 0 heterocycles. The summed E-state index contributed by atoms with van der Waals surface area (Å²) < 4.78 is 31.0. The number of nitrogens with zero attached hydrogens (tertiary/aromatic N) is 1. The van der Waals surface area contributed by atoms with Crippen molar-refractivity contribution >= 4 is 33.4 Å². The number of hydrogen-bond donors (Lipinski definition) is 1. The van der Waals surface area contributed by atoms with Crippen LogP contribution in [0.25, 0.3) is 0 Å². The Balaban J connectivity index is 2.23. The first-order valence-corrected chi connectivity index (χ1v) is 10.2. The highest BCUT2D eigenvalue weighted by Gasteiger charge is 2.21. The van der Waals surface area contributed by atoms with Gasteiger partial charge in [-0.15, -0.1) is 11.8 Å². The summed E-state index contributed by atoms with van der Waals surface area (Å²) in [4.78, 5) is 13.6. The van der Waals surface area contributed by atoms with Crippen molar-refractivity contribution in [1.82, 2.24) is 4.31 Å². The van der Waals surface area contributed by atoms with E-state index in [1.807, 2.05) is 30.3 Å². The fourth-order valence-electron chi connectivity index (χ4n) is 2.15. The fourth-order valence-corrected chi connectivity index (χ4v) is 3.96. The van der Waals surface area contributed by atoms with Gasteiger partial charge in [-0.2, -0.15) is 0 Å². The molecule has 2 rings (SSSR count). The third-order valence-corrected chi connectivity index (χ3v) is 6.56. The first-order valence-electron chi connectivity index (χ1n) is 7.89. The Morgan fingerprint density at radius 2 is 1.81 bits per heavy atom. The highest BCUT2D eigenvalue weighted by Crippen LogP contribution is 2.30. The van der Waals surface area contributed by atoms with Gasteiger partial charge in [0.05, 0.1) is 22.9 Å². The lowest BCUT2D eigenvalue weighted by Crippen LogP contribution is -2.24. The molecule has 0 saturated carbocycles. The molecule has 0 aliphatic carbocycles. The van der Waals surface area contributed by atoms with Crippen LogP contribution in [0.4, 0.5) is 5.69 Å². The number of ether oxygens (including phenoxy) is 1. The summed E-state index contributed by atoms with van der Waals surface area (Å²) >= 11 is 1.42. The third-order valence-electron chi connectivity index (χ3n) is 3.63. The summed E-state index contributed by atoms with van der Waals surface area (Å²) in [7, 11) is 0.767. The van der Waals surface area contributed by atoms with Crippen LogP contribution in [-0.2, 0) is 14.8 Å². The number of benzene rings is 2. The van der Waals surface area contributed by atoms with Gasteiger partial charge in [0.1, 0.15) is 5.75 Å². The zero-order valence-corrected chi connectivity index (χ0v) is 16.7. The second-order valence-corrected chi connectivity index (χ2v) is 9.28. The molecule has 0 aliphatic heterocycles. The van der Waals surface area contributed by atoms with Gasteiger partial charge in [0.15, 0.2) is 0 Å². The first kappa shape index (κ1) is 20.3. The number of rotatable bonds is 7. The molecule has 0 aliphatic rings.